The highest BCUT2D eigenvalue weighted by Gasteiger charge is 1.95. The third-order valence-corrected chi connectivity index (χ3v) is 2.59. The minimum Gasteiger partial charge on any atom is -0.497 e. The lowest BCUT2D eigenvalue weighted by atomic mass is 10.3. The lowest BCUT2D eigenvalue weighted by Gasteiger charge is -2.01. The summed E-state index contributed by atoms with van der Waals surface area (Å²) in [6.07, 6.45) is 2.76. The first-order valence-electron chi connectivity index (χ1n) is 4.38. The average molecular weight is 224 g/mol. The maximum Gasteiger partial charge on any atom is 0.328 e. The summed E-state index contributed by atoms with van der Waals surface area (Å²) in [5, 5.41) is 8.38. The van der Waals surface area contributed by atoms with Crippen molar-refractivity contribution < 1.29 is 14.6 Å². The monoisotopic (exact) mass is 224 g/mol. The van der Waals surface area contributed by atoms with Crippen molar-refractivity contribution in [3.8, 4) is 5.75 Å². The molecule has 1 aromatic carbocycles. The van der Waals surface area contributed by atoms with Gasteiger partial charge in [0.25, 0.3) is 0 Å². The van der Waals surface area contributed by atoms with Crippen LogP contribution in [0.5, 0.6) is 5.75 Å². The summed E-state index contributed by atoms with van der Waals surface area (Å²) in [4.78, 5) is 11.3. The molecule has 0 aromatic heterocycles. The van der Waals surface area contributed by atoms with Gasteiger partial charge in [0, 0.05) is 16.7 Å². The van der Waals surface area contributed by atoms with Crippen LogP contribution in [0.4, 0.5) is 0 Å². The van der Waals surface area contributed by atoms with Crippen LogP contribution in [-0.4, -0.2) is 23.9 Å². The molecule has 0 unspecified atom stereocenters. The van der Waals surface area contributed by atoms with E-state index >= 15 is 0 Å². The summed E-state index contributed by atoms with van der Waals surface area (Å²) in [5.41, 5.74) is 0. The van der Waals surface area contributed by atoms with E-state index < -0.39 is 5.97 Å². The summed E-state index contributed by atoms with van der Waals surface area (Å²) in [6, 6.07) is 7.65. The third-order valence-electron chi connectivity index (χ3n) is 1.65. The fourth-order valence-electron chi connectivity index (χ4n) is 0.984. The van der Waals surface area contributed by atoms with Crippen LogP contribution >= 0.6 is 11.8 Å². The molecule has 0 atom stereocenters. The van der Waals surface area contributed by atoms with E-state index in [1.807, 2.05) is 24.3 Å². The van der Waals surface area contributed by atoms with Crippen LogP contribution in [0.15, 0.2) is 41.3 Å². The van der Waals surface area contributed by atoms with Gasteiger partial charge in [-0.1, -0.05) is 12.1 Å². The van der Waals surface area contributed by atoms with Gasteiger partial charge in [-0.3, -0.25) is 0 Å². The fraction of sp³-hybridized carbons (Fsp3) is 0.182. The lowest BCUT2D eigenvalue weighted by Crippen LogP contribution is -1.86. The third kappa shape index (κ3) is 4.56. The van der Waals surface area contributed by atoms with Crippen molar-refractivity contribution in [1.82, 2.24) is 0 Å². The number of aliphatic carboxylic acids is 1. The molecule has 0 heterocycles. The molecule has 1 aromatic rings. The van der Waals surface area contributed by atoms with Gasteiger partial charge in [0.05, 0.1) is 7.11 Å². The van der Waals surface area contributed by atoms with Gasteiger partial charge in [-0.2, -0.15) is 0 Å². The van der Waals surface area contributed by atoms with Gasteiger partial charge in [-0.05, 0) is 18.2 Å². The van der Waals surface area contributed by atoms with Crippen molar-refractivity contribution in [3.05, 3.63) is 36.4 Å². The Balaban J connectivity index is 2.47. The van der Waals surface area contributed by atoms with Crippen molar-refractivity contribution in [2.24, 2.45) is 0 Å². The Morgan fingerprint density at radius 1 is 1.60 bits per heavy atom. The quantitative estimate of drug-likeness (QED) is 0.616. The molecule has 0 aliphatic carbocycles. The van der Waals surface area contributed by atoms with Gasteiger partial charge in [-0.25, -0.2) is 4.79 Å². The molecule has 4 heteroatoms. The Bertz CT molecular complexity index is 361. The number of benzene rings is 1. The number of carboxylic acid groups (broad SMARTS) is 1. The molecule has 0 saturated carbocycles. The van der Waals surface area contributed by atoms with Gasteiger partial charge in [0.1, 0.15) is 5.75 Å². The van der Waals surface area contributed by atoms with E-state index in [0.29, 0.717) is 5.75 Å². The highest BCUT2D eigenvalue weighted by molar-refractivity contribution is 7.99. The SMILES string of the molecule is COc1cccc(SCC=CC(=O)O)c1. The molecule has 3 nitrogen and oxygen atoms in total. The molecule has 0 aliphatic rings. The second-order valence-electron chi connectivity index (χ2n) is 2.73. The molecule has 1 rings (SSSR count). The van der Waals surface area contributed by atoms with Gasteiger partial charge in [-0.15, -0.1) is 11.8 Å². The first-order chi connectivity index (χ1) is 7.22. The highest BCUT2D eigenvalue weighted by Crippen LogP contribution is 2.22. The fourth-order valence-corrected chi connectivity index (χ4v) is 1.74. The second-order valence-corrected chi connectivity index (χ2v) is 3.82. The molecule has 0 radical (unpaired) electrons. The molecule has 0 amide bonds. The number of carbonyl (C=O) groups is 1. The summed E-state index contributed by atoms with van der Waals surface area (Å²) in [6.45, 7) is 0. The molecule has 15 heavy (non-hydrogen) atoms. The first kappa shape index (κ1) is 11.7. The summed E-state index contributed by atoms with van der Waals surface area (Å²) in [7, 11) is 1.62. The molecule has 0 fully saturated rings. The largest absolute Gasteiger partial charge is 0.497 e. The van der Waals surface area contributed by atoms with Crippen LogP contribution in [0.3, 0.4) is 0 Å². The molecular weight excluding hydrogens is 212 g/mol. The Morgan fingerprint density at radius 3 is 3.07 bits per heavy atom. The first-order valence-corrected chi connectivity index (χ1v) is 5.37. The number of methoxy groups -OCH3 is 1. The Labute approximate surface area is 92.8 Å². The van der Waals surface area contributed by atoms with Crippen LogP contribution in [0.1, 0.15) is 0 Å². The number of thioether (sulfide) groups is 1. The molecule has 0 saturated heterocycles. The van der Waals surface area contributed by atoms with Crippen molar-refractivity contribution >= 4 is 17.7 Å². The Hall–Kier alpha value is -1.42. The number of hydrogen-bond acceptors (Lipinski definition) is 3. The zero-order valence-corrected chi connectivity index (χ0v) is 9.16. The molecule has 80 valence electrons. The second kappa shape index (κ2) is 6.14. The normalized spacial score (nSPS) is 10.5. The minimum absolute atomic E-state index is 0.638. The molecular formula is C11H12O3S. The van der Waals surface area contributed by atoms with E-state index in [-0.39, 0.29) is 0 Å². The van der Waals surface area contributed by atoms with Crippen LogP contribution in [0.25, 0.3) is 0 Å². The van der Waals surface area contributed by atoms with E-state index in [2.05, 4.69) is 0 Å². The van der Waals surface area contributed by atoms with E-state index in [4.69, 9.17) is 9.84 Å². The Morgan fingerprint density at radius 2 is 2.40 bits per heavy atom. The van der Waals surface area contributed by atoms with Gasteiger partial charge in [0.15, 0.2) is 0 Å². The van der Waals surface area contributed by atoms with Gasteiger partial charge in [0.2, 0.25) is 0 Å². The molecule has 0 spiro atoms. The van der Waals surface area contributed by atoms with Crippen LogP contribution < -0.4 is 4.74 Å². The number of hydrogen-bond donors (Lipinski definition) is 1. The number of ether oxygens (including phenoxy) is 1. The highest BCUT2D eigenvalue weighted by atomic mass is 32.2. The predicted molar refractivity (Wildman–Crippen MR) is 60.5 cm³/mol. The molecule has 0 aliphatic heterocycles. The van der Waals surface area contributed by atoms with E-state index in [1.54, 1.807) is 24.9 Å². The molecule has 0 bridgehead atoms. The zero-order valence-electron chi connectivity index (χ0n) is 8.34. The summed E-state index contributed by atoms with van der Waals surface area (Å²) >= 11 is 1.56. The van der Waals surface area contributed by atoms with E-state index in [0.717, 1.165) is 16.7 Å². The zero-order chi connectivity index (χ0) is 11.1. The standard InChI is InChI=1S/C11H12O3S/c1-14-9-4-2-5-10(8-9)15-7-3-6-11(12)13/h2-6,8H,7H2,1H3,(H,12,13). The summed E-state index contributed by atoms with van der Waals surface area (Å²) in [5.74, 6) is 0.530. The topological polar surface area (TPSA) is 46.5 Å². The van der Waals surface area contributed by atoms with Gasteiger partial charge < -0.3 is 9.84 Å². The van der Waals surface area contributed by atoms with E-state index in [9.17, 15) is 4.79 Å². The predicted octanol–water partition coefficient (Wildman–Crippen LogP) is 2.43. The summed E-state index contributed by atoms with van der Waals surface area (Å²) < 4.78 is 5.07. The van der Waals surface area contributed by atoms with Crippen molar-refractivity contribution in [2.75, 3.05) is 12.9 Å². The molecule has 1 N–H and O–H groups in total. The van der Waals surface area contributed by atoms with Crippen molar-refractivity contribution in [2.45, 2.75) is 4.90 Å². The Kier molecular flexibility index (Phi) is 4.77. The maximum atomic E-state index is 10.2. The van der Waals surface area contributed by atoms with E-state index in [1.165, 1.54) is 0 Å². The lowest BCUT2D eigenvalue weighted by molar-refractivity contribution is -0.131. The number of carboxylic acids is 1. The van der Waals surface area contributed by atoms with Crippen LogP contribution in [0.2, 0.25) is 0 Å². The average Bonchev–Trinajstić information content (AvgIpc) is 2.24. The van der Waals surface area contributed by atoms with Gasteiger partial charge >= 0.3 is 5.97 Å². The smallest absolute Gasteiger partial charge is 0.328 e. The van der Waals surface area contributed by atoms with Crippen LogP contribution in [0, 0.1) is 0 Å². The number of rotatable bonds is 5. The minimum atomic E-state index is -0.916. The van der Waals surface area contributed by atoms with Crippen LogP contribution in [-0.2, 0) is 4.79 Å². The van der Waals surface area contributed by atoms with Crippen molar-refractivity contribution in [1.29, 1.82) is 0 Å². The van der Waals surface area contributed by atoms with Crippen molar-refractivity contribution in [3.63, 3.8) is 0 Å². The maximum absolute atomic E-state index is 10.2.